The maximum Gasteiger partial charge on any atom is 0.338 e. The number of methoxy groups -OCH3 is 1. The van der Waals surface area contributed by atoms with E-state index < -0.39 is 17.4 Å². The van der Waals surface area contributed by atoms with Crippen molar-refractivity contribution in [3.63, 3.8) is 0 Å². The monoisotopic (exact) mass is 480 g/mol. The number of rotatable bonds is 7. The number of esters is 1. The number of hydrogen-bond acceptors (Lipinski definition) is 5. The van der Waals surface area contributed by atoms with Crippen molar-refractivity contribution in [1.82, 2.24) is 0 Å². The van der Waals surface area contributed by atoms with Gasteiger partial charge < -0.3 is 15.2 Å². The van der Waals surface area contributed by atoms with E-state index in [1.807, 2.05) is 19.9 Å². The lowest BCUT2D eigenvalue weighted by Crippen LogP contribution is -2.59. The van der Waals surface area contributed by atoms with Gasteiger partial charge in [0.2, 0.25) is 5.91 Å². The summed E-state index contributed by atoms with van der Waals surface area (Å²) < 4.78 is 10.9. The molecule has 1 aliphatic heterocycles. The van der Waals surface area contributed by atoms with Crippen molar-refractivity contribution in [2.45, 2.75) is 65.3 Å². The molecule has 1 unspecified atom stereocenters. The summed E-state index contributed by atoms with van der Waals surface area (Å²) in [6.45, 7) is 12.1. The molecule has 7 nitrogen and oxygen atoms in total. The first kappa shape index (κ1) is 26.3. The number of fused-ring (bicyclic) bond motifs is 1. The van der Waals surface area contributed by atoms with Crippen LogP contribution in [0.15, 0.2) is 36.4 Å². The second-order valence-corrected chi connectivity index (χ2v) is 10.5. The standard InChI is InChI=1S/C28H36N2O5/c1-8-35-25(32)19-10-9-11-22-20(19)16-28(26(29)33,15-17(2)3)30(22)24(31)18-12-13-21(27(4,5)6)23(14-18)34-7/h9-14,17H,8,15-16H2,1-7H3,(H2,29,33). The Kier molecular flexibility index (Phi) is 7.29. The van der Waals surface area contributed by atoms with Crippen molar-refractivity contribution in [2.24, 2.45) is 11.7 Å². The Balaban J connectivity index is 2.23. The molecule has 188 valence electrons. The molecule has 2 amide bonds. The highest BCUT2D eigenvalue weighted by molar-refractivity contribution is 6.14. The summed E-state index contributed by atoms with van der Waals surface area (Å²) in [5.41, 5.74) is 7.29. The first-order valence-electron chi connectivity index (χ1n) is 12.0. The zero-order valence-corrected chi connectivity index (χ0v) is 21.7. The third-order valence-electron chi connectivity index (χ3n) is 6.45. The van der Waals surface area contributed by atoms with Gasteiger partial charge >= 0.3 is 5.97 Å². The first-order chi connectivity index (χ1) is 16.4. The molecule has 0 saturated heterocycles. The molecule has 2 N–H and O–H groups in total. The number of amides is 2. The number of nitrogens with two attached hydrogens (primary N) is 1. The molecule has 1 atom stereocenters. The maximum atomic E-state index is 14.1. The molecule has 0 radical (unpaired) electrons. The minimum absolute atomic E-state index is 0.0657. The van der Waals surface area contributed by atoms with E-state index in [0.717, 1.165) is 5.56 Å². The first-order valence-corrected chi connectivity index (χ1v) is 12.0. The molecule has 0 aromatic heterocycles. The highest BCUT2D eigenvalue weighted by atomic mass is 16.5. The number of carbonyl (C=O) groups is 3. The quantitative estimate of drug-likeness (QED) is 0.582. The lowest BCUT2D eigenvalue weighted by atomic mass is 9.83. The SMILES string of the molecule is CCOC(=O)c1cccc2c1CC(CC(C)C)(C(N)=O)N2C(=O)c1ccc(C(C)(C)C)c(OC)c1. The van der Waals surface area contributed by atoms with Crippen molar-refractivity contribution < 1.29 is 23.9 Å². The van der Waals surface area contributed by atoms with Crippen LogP contribution in [0.4, 0.5) is 5.69 Å². The van der Waals surface area contributed by atoms with Gasteiger partial charge in [-0.15, -0.1) is 0 Å². The normalized spacial score (nSPS) is 17.3. The molecule has 0 fully saturated rings. The molecule has 7 heteroatoms. The summed E-state index contributed by atoms with van der Waals surface area (Å²) in [4.78, 5) is 41.4. The van der Waals surface area contributed by atoms with Crippen LogP contribution in [-0.2, 0) is 21.4 Å². The van der Waals surface area contributed by atoms with E-state index in [1.165, 1.54) is 4.90 Å². The van der Waals surface area contributed by atoms with Crippen molar-refractivity contribution in [1.29, 1.82) is 0 Å². The molecule has 1 heterocycles. The van der Waals surface area contributed by atoms with Gasteiger partial charge in [0, 0.05) is 17.7 Å². The van der Waals surface area contributed by atoms with Crippen molar-refractivity contribution in [3.8, 4) is 5.75 Å². The third-order valence-corrected chi connectivity index (χ3v) is 6.45. The van der Waals surface area contributed by atoms with Crippen LogP contribution in [-0.4, -0.2) is 37.0 Å². The Hall–Kier alpha value is -3.35. The van der Waals surface area contributed by atoms with Gasteiger partial charge in [0.1, 0.15) is 11.3 Å². The van der Waals surface area contributed by atoms with Crippen molar-refractivity contribution in [2.75, 3.05) is 18.6 Å². The predicted molar refractivity (Wildman–Crippen MR) is 136 cm³/mol. The fraction of sp³-hybridized carbons (Fsp3) is 0.464. The zero-order chi connectivity index (χ0) is 26.1. The zero-order valence-electron chi connectivity index (χ0n) is 21.7. The minimum atomic E-state index is -1.31. The van der Waals surface area contributed by atoms with Gasteiger partial charge in [0.15, 0.2) is 0 Å². The molecule has 2 aromatic rings. The molecule has 3 rings (SSSR count). The van der Waals surface area contributed by atoms with Crippen molar-refractivity contribution >= 4 is 23.5 Å². The molecular formula is C28H36N2O5. The van der Waals surface area contributed by atoms with Gasteiger partial charge in [-0.05, 0) is 60.1 Å². The number of carbonyl (C=O) groups excluding carboxylic acids is 3. The maximum absolute atomic E-state index is 14.1. The van der Waals surface area contributed by atoms with Gasteiger partial charge in [-0.25, -0.2) is 4.79 Å². The van der Waals surface area contributed by atoms with Crippen molar-refractivity contribution in [3.05, 3.63) is 58.7 Å². The Morgan fingerprint density at radius 3 is 2.37 bits per heavy atom. The number of primary amides is 1. The minimum Gasteiger partial charge on any atom is -0.496 e. The summed E-state index contributed by atoms with van der Waals surface area (Å²) in [6, 6.07) is 10.4. The molecule has 0 spiro atoms. The van der Waals surface area contributed by atoms with Crippen LogP contribution in [0.5, 0.6) is 5.75 Å². The van der Waals surface area contributed by atoms with E-state index in [9.17, 15) is 14.4 Å². The van der Waals surface area contributed by atoms with Gasteiger partial charge in [0.25, 0.3) is 5.91 Å². The molecule has 35 heavy (non-hydrogen) atoms. The fourth-order valence-corrected chi connectivity index (χ4v) is 4.99. The van der Waals surface area contributed by atoms with Crippen LogP contribution < -0.4 is 15.4 Å². The Labute approximate surface area is 207 Å². The van der Waals surface area contributed by atoms with E-state index in [0.29, 0.717) is 34.5 Å². The summed E-state index contributed by atoms with van der Waals surface area (Å²) in [7, 11) is 1.57. The van der Waals surface area contributed by atoms with E-state index in [4.69, 9.17) is 15.2 Å². The summed E-state index contributed by atoms with van der Waals surface area (Å²) in [5, 5.41) is 0. The van der Waals surface area contributed by atoms with Crippen LogP contribution >= 0.6 is 0 Å². The predicted octanol–water partition coefficient (Wildman–Crippen LogP) is 4.64. The van der Waals surface area contributed by atoms with E-state index >= 15 is 0 Å². The van der Waals surface area contributed by atoms with E-state index in [2.05, 4.69) is 20.8 Å². The molecule has 1 aliphatic rings. The highest BCUT2D eigenvalue weighted by Gasteiger charge is 2.53. The largest absolute Gasteiger partial charge is 0.496 e. The van der Waals surface area contributed by atoms with E-state index in [-0.39, 0.29) is 30.3 Å². The molecule has 0 saturated carbocycles. The van der Waals surface area contributed by atoms with Crippen LogP contribution in [0, 0.1) is 5.92 Å². The fourth-order valence-electron chi connectivity index (χ4n) is 4.99. The molecular weight excluding hydrogens is 444 g/mol. The smallest absolute Gasteiger partial charge is 0.338 e. The van der Waals surface area contributed by atoms with Gasteiger partial charge in [-0.3, -0.25) is 14.5 Å². The third kappa shape index (κ3) is 4.77. The van der Waals surface area contributed by atoms with E-state index in [1.54, 1.807) is 44.4 Å². The van der Waals surface area contributed by atoms with Crippen LogP contribution in [0.3, 0.4) is 0 Å². The number of anilines is 1. The Morgan fingerprint density at radius 2 is 1.83 bits per heavy atom. The summed E-state index contributed by atoms with van der Waals surface area (Å²) in [6.07, 6.45) is 0.496. The second-order valence-electron chi connectivity index (χ2n) is 10.5. The summed E-state index contributed by atoms with van der Waals surface area (Å²) in [5.74, 6) is -0.808. The van der Waals surface area contributed by atoms with Crippen LogP contribution in [0.2, 0.25) is 0 Å². The number of ether oxygens (including phenoxy) is 2. The average molecular weight is 481 g/mol. The summed E-state index contributed by atoms with van der Waals surface area (Å²) >= 11 is 0. The Morgan fingerprint density at radius 1 is 1.14 bits per heavy atom. The van der Waals surface area contributed by atoms with Gasteiger partial charge in [0.05, 0.1) is 19.3 Å². The highest BCUT2D eigenvalue weighted by Crippen LogP contribution is 2.45. The average Bonchev–Trinajstić information content (AvgIpc) is 3.11. The van der Waals surface area contributed by atoms with Gasteiger partial charge in [-0.1, -0.05) is 46.8 Å². The number of hydrogen-bond donors (Lipinski definition) is 1. The molecule has 2 aromatic carbocycles. The Bertz CT molecular complexity index is 1150. The topological polar surface area (TPSA) is 98.9 Å². The molecule has 0 bridgehead atoms. The lowest BCUT2D eigenvalue weighted by Gasteiger charge is -2.37. The van der Waals surface area contributed by atoms with Crippen LogP contribution in [0.1, 0.15) is 79.8 Å². The second kappa shape index (κ2) is 9.72. The van der Waals surface area contributed by atoms with Crippen LogP contribution in [0.25, 0.3) is 0 Å². The number of nitrogens with zero attached hydrogens (tertiary/aromatic N) is 1. The molecule has 0 aliphatic carbocycles. The van der Waals surface area contributed by atoms with Gasteiger partial charge in [-0.2, -0.15) is 0 Å². The number of benzene rings is 2. The lowest BCUT2D eigenvalue weighted by molar-refractivity contribution is -0.123.